The van der Waals surface area contributed by atoms with Gasteiger partial charge in [0, 0.05) is 11.1 Å². The molecule has 8 heteroatoms. The van der Waals surface area contributed by atoms with Gasteiger partial charge in [-0.2, -0.15) is 20.3 Å². The van der Waals surface area contributed by atoms with Crippen LogP contribution in [-0.2, 0) is 14.8 Å². The van der Waals surface area contributed by atoms with Gasteiger partial charge in [0.25, 0.3) is 0 Å². The third-order valence-corrected chi connectivity index (χ3v) is 3.53. The summed E-state index contributed by atoms with van der Waals surface area (Å²) in [6, 6.07) is 2.84. The number of hydrogen-bond acceptors (Lipinski definition) is 5. The summed E-state index contributed by atoms with van der Waals surface area (Å²) in [5.74, 6) is -3.52. The van der Waals surface area contributed by atoms with Crippen LogP contribution in [0.15, 0.2) is 6.58 Å². The molecule has 0 bridgehead atoms. The fraction of sp³-hybridized carbons (Fsp3) is 0.231. The highest BCUT2D eigenvalue weighted by Crippen LogP contribution is 2.53. The second kappa shape index (κ2) is 4.57. The fourth-order valence-electron chi connectivity index (χ4n) is 2.59. The Kier molecular flexibility index (Phi) is 2.96. The first-order valence-corrected chi connectivity index (χ1v) is 5.70. The molecule has 1 aromatic carbocycles. The summed E-state index contributed by atoms with van der Waals surface area (Å²) in [5.41, 5.74) is -2.43. The summed E-state index contributed by atoms with van der Waals surface area (Å²) < 4.78 is 42.5. The molecule has 0 saturated carbocycles. The van der Waals surface area contributed by atoms with Crippen molar-refractivity contribution in [1.29, 1.82) is 10.5 Å². The van der Waals surface area contributed by atoms with Crippen LogP contribution in [0.25, 0.3) is 5.57 Å². The number of nitrogens with zero attached hydrogens (tertiary/aromatic N) is 2. The molecule has 21 heavy (non-hydrogen) atoms. The number of alkyl halides is 1. The Hall–Kier alpha value is -2.39. The quantitative estimate of drug-likeness (QED) is 0.687. The smallest absolute Gasteiger partial charge is 0.212 e. The van der Waals surface area contributed by atoms with Crippen molar-refractivity contribution in [3.05, 3.63) is 40.5 Å². The first kappa shape index (κ1) is 13.6. The van der Waals surface area contributed by atoms with E-state index in [0.29, 0.717) is 0 Å². The van der Waals surface area contributed by atoms with E-state index in [-0.39, 0.29) is 11.1 Å². The largest absolute Gasteiger partial charge is 0.244 e. The third kappa shape index (κ3) is 1.61. The lowest BCUT2D eigenvalue weighted by atomic mass is 9.97. The van der Waals surface area contributed by atoms with E-state index < -0.39 is 46.7 Å². The zero-order chi connectivity index (χ0) is 15.3. The van der Waals surface area contributed by atoms with Crippen molar-refractivity contribution in [1.82, 2.24) is 0 Å². The van der Waals surface area contributed by atoms with Crippen molar-refractivity contribution in [3.63, 3.8) is 0 Å². The molecule has 1 heterocycles. The Morgan fingerprint density at radius 2 is 1.67 bits per heavy atom. The molecule has 1 aromatic rings. The van der Waals surface area contributed by atoms with Gasteiger partial charge >= 0.3 is 0 Å². The molecule has 5 nitrogen and oxygen atoms in total. The summed E-state index contributed by atoms with van der Waals surface area (Å²) in [6.45, 7) is 3.51. The molecule has 0 spiro atoms. The highest BCUT2D eigenvalue weighted by atomic mass is 19.1. The van der Waals surface area contributed by atoms with Crippen molar-refractivity contribution in [2.75, 3.05) is 0 Å². The van der Waals surface area contributed by atoms with Crippen LogP contribution in [0.4, 0.5) is 13.2 Å². The van der Waals surface area contributed by atoms with Crippen molar-refractivity contribution in [2.45, 2.75) is 12.5 Å². The standard InChI is InChI=1S/C13H5F3N2O3/c1-4-7-9(12-8(4)13(16)20-21-19-12)11(15)6(3-18)5(2-17)10(7)14/h8,12-13H,1H2. The zero-order valence-electron chi connectivity index (χ0n) is 10.2. The Labute approximate surface area is 116 Å². The summed E-state index contributed by atoms with van der Waals surface area (Å²) in [7, 11) is 0. The average molecular weight is 294 g/mol. The predicted octanol–water partition coefficient (Wildman–Crippen LogP) is 2.58. The van der Waals surface area contributed by atoms with Crippen LogP contribution in [-0.4, -0.2) is 6.36 Å². The minimum atomic E-state index is -2.04. The first-order valence-electron chi connectivity index (χ1n) is 5.70. The normalized spacial score (nSPS) is 26.7. The van der Waals surface area contributed by atoms with Crippen LogP contribution < -0.4 is 0 Å². The summed E-state index contributed by atoms with van der Waals surface area (Å²) >= 11 is 0. The maximum absolute atomic E-state index is 14.4. The third-order valence-electron chi connectivity index (χ3n) is 3.53. The molecule has 106 valence electrons. The summed E-state index contributed by atoms with van der Waals surface area (Å²) in [6.07, 6.45) is -3.39. The van der Waals surface area contributed by atoms with Crippen LogP contribution in [0.2, 0.25) is 0 Å². The predicted molar refractivity (Wildman–Crippen MR) is 59.2 cm³/mol. The van der Waals surface area contributed by atoms with E-state index in [1.54, 1.807) is 0 Å². The number of benzene rings is 1. The highest BCUT2D eigenvalue weighted by molar-refractivity contribution is 5.77. The maximum Gasteiger partial charge on any atom is 0.244 e. The van der Waals surface area contributed by atoms with Gasteiger partial charge in [0.1, 0.15) is 41.0 Å². The van der Waals surface area contributed by atoms with Crippen LogP contribution in [0.5, 0.6) is 0 Å². The van der Waals surface area contributed by atoms with Gasteiger partial charge in [-0.1, -0.05) is 11.6 Å². The molecule has 3 rings (SSSR count). The van der Waals surface area contributed by atoms with Crippen LogP contribution >= 0.6 is 0 Å². The zero-order valence-corrected chi connectivity index (χ0v) is 10.2. The molecule has 0 N–H and O–H groups in total. The molecule has 3 unspecified atom stereocenters. The molecule has 1 aliphatic heterocycles. The van der Waals surface area contributed by atoms with Gasteiger partial charge in [-0.15, -0.1) is 0 Å². The SMILES string of the molecule is C=C1c2c(F)c(C#N)c(C#N)c(F)c2C2OOOC(F)C12. The van der Waals surface area contributed by atoms with E-state index in [4.69, 9.17) is 10.5 Å². The molecular formula is C13H5F3N2O3. The molecule has 1 aliphatic carbocycles. The van der Waals surface area contributed by atoms with E-state index >= 15 is 0 Å². The van der Waals surface area contributed by atoms with Crippen molar-refractivity contribution in [2.24, 2.45) is 5.92 Å². The molecule has 0 amide bonds. The maximum atomic E-state index is 14.4. The van der Waals surface area contributed by atoms with Crippen molar-refractivity contribution in [3.8, 4) is 12.1 Å². The summed E-state index contributed by atoms with van der Waals surface area (Å²) in [4.78, 5) is 8.82. The molecular weight excluding hydrogens is 289 g/mol. The van der Waals surface area contributed by atoms with Crippen molar-refractivity contribution < 1.29 is 28.0 Å². The van der Waals surface area contributed by atoms with E-state index in [1.165, 1.54) is 12.1 Å². The van der Waals surface area contributed by atoms with Gasteiger partial charge in [0.15, 0.2) is 0 Å². The summed E-state index contributed by atoms with van der Waals surface area (Å²) in [5, 5.41) is 21.9. The lowest BCUT2D eigenvalue weighted by Crippen LogP contribution is -2.30. The number of fused-ring (bicyclic) bond motifs is 3. The number of nitriles is 2. The van der Waals surface area contributed by atoms with Gasteiger partial charge in [0.2, 0.25) is 6.36 Å². The second-order valence-electron chi connectivity index (χ2n) is 4.47. The minimum absolute atomic E-state index is 0.122. The second-order valence-corrected chi connectivity index (χ2v) is 4.47. The number of rotatable bonds is 0. The number of hydrogen-bond donors (Lipinski definition) is 0. The molecule has 0 radical (unpaired) electrons. The monoisotopic (exact) mass is 294 g/mol. The van der Waals surface area contributed by atoms with E-state index in [1.807, 2.05) is 0 Å². The van der Waals surface area contributed by atoms with Gasteiger partial charge < -0.3 is 0 Å². The average Bonchev–Trinajstić information content (AvgIpc) is 2.77. The first-order chi connectivity index (χ1) is 10.0. The lowest BCUT2D eigenvalue weighted by molar-refractivity contribution is -0.586. The highest BCUT2D eigenvalue weighted by Gasteiger charge is 2.51. The van der Waals surface area contributed by atoms with Crippen molar-refractivity contribution >= 4 is 5.57 Å². The van der Waals surface area contributed by atoms with Crippen LogP contribution in [0, 0.1) is 40.2 Å². The number of halogens is 3. The fourth-order valence-corrected chi connectivity index (χ4v) is 2.59. The molecule has 1 saturated heterocycles. The Balaban J connectivity index is 2.34. The van der Waals surface area contributed by atoms with E-state index in [2.05, 4.69) is 21.4 Å². The Morgan fingerprint density at radius 1 is 1.05 bits per heavy atom. The molecule has 0 aromatic heterocycles. The Morgan fingerprint density at radius 3 is 2.29 bits per heavy atom. The van der Waals surface area contributed by atoms with E-state index in [0.717, 1.165) is 0 Å². The van der Waals surface area contributed by atoms with E-state index in [9.17, 15) is 13.2 Å². The molecule has 1 fully saturated rings. The van der Waals surface area contributed by atoms with Crippen LogP contribution in [0.1, 0.15) is 28.4 Å². The topological polar surface area (TPSA) is 75.3 Å². The van der Waals surface area contributed by atoms with Gasteiger partial charge in [-0.3, -0.25) is 0 Å². The van der Waals surface area contributed by atoms with Gasteiger partial charge in [-0.25, -0.2) is 13.2 Å². The Bertz CT molecular complexity index is 751. The molecule has 2 aliphatic rings. The lowest BCUT2D eigenvalue weighted by Gasteiger charge is -2.26. The van der Waals surface area contributed by atoms with Crippen LogP contribution in [0.3, 0.4) is 0 Å². The van der Waals surface area contributed by atoms with Gasteiger partial charge in [0.05, 0.1) is 5.92 Å². The van der Waals surface area contributed by atoms with Gasteiger partial charge in [-0.05, 0) is 5.57 Å². The molecule has 3 atom stereocenters. The minimum Gasteiger partial charge on any atom is -0.212 e.